The van der Waals surface area contributed by atoms with E-state index in [0.29, 0.717) is 29.8 Å². The fourth-order valence-electron chi connectivity index (χ4n) is 2.70. The molecular weight excluding hydrogens is 467 g/mol. The molecule has 2 aromatic rings. The van der Waals surface area contributed by atoms with Crippen LogP contribution in [0.1, 0.15) is 17.2 Å². The molecule has 8 nitrogen and oxygen atoms in total. The second-order valence-electron chi connectivity index (χ2n) is 6.31. The normalized spacial score (nSPS) is 21.0. The molecule has 32 heavy (non-hydrogen) atoms. The zero-order valence-electron chi connectivity index (χ0n) is 15.0. The summed E-state index contributed by atoms with van der Waals surface area (Å²) in [5.74, 6) is -5.47. The topological polar surface area (TPSA) is 108 Å². The molecule has 3 unspecified atom stereocenters. The fourth-order valence-corrected chi connectivity index (χ4v) is 2.70. The molecule has 1 aliphatic rings. The number of rotatable bonds is 3. The van der Waals surface area contributed by atoms with Crippen molar-refractivity contribution < 1.29 is 49.7 Å². The van der Waals surface area contributed by atoms with E-state index < -0.39 is 65.4 Å². The van der Waals surface area contributed by atoms with Gasteiger partial charge in [0.2, 0.25) is 11.6 Å². The van der Waals surface area contributed by atoms with Crippen LogP contribution in [0.15, 0.2) is 29.9 Å². The van der Waals surface area contributed by atoms with Gasteiger partial charge in [-0.2, -0.15) is 44.6 Å². The number of halogens is 9. The monoisotopic (exact) mass is 476 g/mol. The first-order valence-corrected chi connectivity index (χ1v) is 8.20. The van der Waals surface area contributed by atoms with Gasteiger partial charge in [0.25, 0.3) is 0 Å². The number of aliphatic hydroxyl groups excluding tert-OH is 2. The lowest BCUT2D eigenvalue weighted by molar-refractivity contribution is -0.218. The molecular formula is C15H9F9N6O2. The largest absolute Gasteiger partial charge is 0.451 e. The summed E-state index contributed by atoms with van der Waals surface area (Å²) in [5, 5.41) is 24.0. The zero-order chi connectivity index (χ0) is 24.1. The Labute approximate surface area is 171 Å². The first-order chi connectivity index (χ1) is 14.6. The first kappa shape index (κ1) is 23.6. The summed E-state index contributed by atoms with van der Waals surface area (Å²) in [6, 6.07) is 0. The molecule has 2 aromatic heterocycles. The van der Waals surface area contributed by atoms with Crippen LogP contribution in [0.2, 0.25) is 0 Å². The van der Waals surface area contributed by atoms with E-state index in [9.17, 15) is 49.7 Å². The van der Waals surface area contributed by atoms with Gasteiger partial charge >= 0.3 is 18.5 Å². The van der Waals surface area contributed by atoms with E-state index in [1.807, 2.05) is 0 Å². The van der Waals surface area contributed by atoms with Crippen molar-refractivity contribution in [2.24, 2.45) is 11.0 Å². The third-order valence-corrected chi connectivity index (χ3v) is 4.14. The molecule has 0 spiro atoms. The van der Waals surface area contributed by atoms with Crippen LogP contribution in [-0.2, 0) is 12.4 Å². The molecule has 0 saturated carbocycles. The van der Waals surface area contributed by atoms with Crippen molar-refractivity contribution in [2.75, 3.05) is 5.01 Å². The summed E-state index contributed by atoms with van der Waals surface area (Å²) >= 11 is 0. The second kappa shape index (κ2) is 7.80. The lowest BCUT2D eigenvalue weighted by Crippen LogP contribution is -2.47. The van der Waals surface area contributed by atoms with Crippen molar-refractivity contribution in [1.82, 2.24) is 19.9 Å². The lowest BCUT2D eigenvalue weighted by Gasteiger charge is -2.27. The molecule has 174 valence electrons. The summed E-state index contributed by atoms with van der Waals surface area (Å²) in [6.45, 7) is 0. The molecule has 0 fully saturated rings. The molecule has 3 atom stereocenters. The minimum absolute atomic E-state index is 0.382. The Morgan fingerprint density at radius 3 is 1.62 bits per heavy atom. The lowest BCUT2D eigenvalue weighted by atomic mass is 9.91. The summed E-state index contributed by atoms with van der Waals surface area (Å²) in [4.78, 5) is 11.9. The maximum absolute atomic E-state index is 13.1. The summed E-state index contributed by atoms with van der Waals surface area (Å²) < 4.78 is 115. The highest BCUT2D eigenvalue weighted by Crippen LogP contribution is 2.37. The van der Waals surface area contributed by atoms with Gasteiger partial charge in [0.05, 0.1) is 29.7 Å². The maximum atomic E-state index is 13.1. The Kier molecular flexibility index (Phi) is 5.75. The van der Waals surface area contributed by atoms with Crippen LogP contribution in [0, 0.1) is 5.92 Å². The van der Waals surface area contributed by atoms with E-state index in [2.05, 4.69) is 25.0 Å². The quantitative estimate of drug-likeness (QED) is 0.656. The Morgan fingerprint density at radius 1 is 0.781 bits per heavy atom. The maximum Gasteiger partial charge on any atom is 0.451 e. The number of aliphatic hydroxyl groups is 2. The van der Waals surface area contributed by atoms with Gasteiger partial charge in [0, 0.05) is 18.0 Å². The van der Waals surface area contributed by atoms with E-state index in [4.69, 9.17) is 0 Å². The highest BCUT2D eigenvalue weighted by atomic mass is 19.4. The Balaban J connectivity index is 2.04. The number of alkyl halides is 9. The number of nitrogens with zero attached hydrogens (tertiary/aromatic N) is 6. The molecule has 2 N–H and O–H groups in total. The summed E-state index contributed by atoms with van der Waals surface area (Å²) in [5.41, 5.74) is -1.77. The van der Waals surface area contributed by atoms with Crippen LogP contribution < -0.4 is 5.01 Å². The van der Waals surface area contributed by atoms with Crippen molar-refractivity contribution in [3.8, 4) is 0 Å². The molecule has 0 aromatic carbocycles. The van der Waals surface area contributed by atoms with Crippen molar-refractivity contribution in [2.45, 2.75) is 30.9 Å². The highest BCUT2D eigenvalue weighted by Gasteiger charge is 2.53. The first-order valence-electron chi connectivity index (χ1n) is 8.20. The predicted molar refractivity (Wildman–Crippen MR) is 84.6 cm³/mol. The molecule has 0 amide bonds. The summed E-state index contributed by atoms with van der Waals surface area (Å²) in [7, 11) is 0. The van der Waals surface area contributed by atoms with Crippen molar-refractivity contribution in [3.05, 3.63) is 42.0 Å². The van der Waals surface area contributed by atoms with Gasteiger partial charge in [-0.25, -0.2) is 24.9 Å². The van der Waals surface area contributed by atoms with Crippen LogP contribution in [0.5, 0.6) is 0 Å². The zero-order valence-corrected chi connectivity index (χ0v) is 15.0. The smallest absolute Gasteiger partial charge is 0.383 e. The van der Waals surface area contributed by atoms with Crippen LogP contribution in [0.4, 0.5) is 45.2 Å². The van der Waals surface area contributed by atoms with Crippen molar-refractivity contribution in [1.29, 1.82) is 0 Å². The Morgan fingerprint density at radius 2 is 1.22 bits per heavy atom. The van der Waals surface area contributed by atoms with Gasteiger partial charge in [-0.15, -0.1) is 0 Å². The van der Waals surface area contributed by atoms with Gasteiger partial charge < -0.3 is 10.2 Å². The molecule has 3 rings (SSSR count). The van der Waals surface area contributed by atoms with E-state index in [0.717, 1.165) is 0 Å². The molecule has 0 saturated heterocycles. The van der Waals surface area contributed by atoms with E-state index >= 15 is 0 Å². The number of aromatic nitrogens is 4. The molecule has 0 bridgehead atoms. The third-order valence-electron chi connectivity index (χ3n) is 4.14. The highest BCUT2D eigenvalue weighted by molar-refractivity contribution is 6.04. The molecule has 0 aliphatic carbocycles. The van der Waals surface area contributed by atoms with Crippen LogP contribution in [0.3, 0.4) is 0 Å². The van der Waals surface area contributed by atoms with Crippen LogP contribution >= 0.6 is 0 Å². The molecule has 0 radical (unpaired) electrons. The van der Waals surface area contributed by atoms with E-state index in [1.165, 1.54) is 0 Å². The van der Waals surface area contributed by atoms with Crippen molar-refractivity contribution >= 4 is 11.4 Å². The molecule has 3 heterocycles. The minimum atomic E-state index is -5.30. The Bertz CT molecular complexity index is 989. The number of hydrogen-bond donors (Lipinski definition) is 2. The SMILES string of the molecule is OC1C(C(O)C(F)(F)F)C(c2cnc(C(F)(F)F)nc2)=NN1c1cnc(C(F)(F)F)nc1. The van der Waals surface area contributed by atoms with Crippen LogP contribution in [0.25, 0.3) is 0 Å². The summed E-state index contributed by atoms with van der Waals surface area (Å²) in [6.07, 6.45) is -18.8. The molecule has 1 aliphatic heterocycles. The standard InChI is InChI=1S/C15H9F9N6O2/c16-13(17,18)9(31)7-8(5-1-25-11(26-2-5)14(19,20)21)29-30(10(7)32)6-3-27-12(28-4-6)15(22,23)24/h1-4,7,9-10,31-32H. The van der Waals surface area contributed by atoms with Gasteiger partial charge in [-0.1, -0.05) is 0 Å². The molecule has 17 heteroatoms. The van der Waals surface area contributed by atoms with E-state index in [1.54, 1.807) is 0 Å². The third kappa shape index (κ3) is 4.57. The fraction of sp³-hybridized carbons (Fsp3) is 0.400. The number of hydrogen-bond acceptors (Lipinski definition) is 8. The van der Waals surface area contributed by atoms with Gasteiger partial charge in [0.15, 0.2) is 12.3 Å². The average Bonchev–Trinajstić information content (AvgIpc) is 3.02. The van der Waals surface area contributed by atoms with Gasteiger partial charge in [0.1, 0.15) is 0 Å². The van der Waals surface area contributed by atoms with Crippen molar-refractivity contribution in [3.63, 3.8) is 0 Å². The Hall–Kier alpha value is -3.08. The number of hydrazone groups is 1. The predicted octanol–water partition coefficient (Wildman–Crippen LogP) is 2.39. The van der Waals surface area contributed by atoms with Crippen LogP contribution in [-0.4, -0.2) is 54.4 Å². The van der Waals surface area contributed by atoms with Gasteiger partial charge in [-0.05, 0) is 0 Å². The second-order valence-corrected chi connectivity index (χ2v) is 6.31. The van der Waals surface area contributed by atoms with Gasteiger partial charge in [-0.3, -0.25) is 0 Å². The van der Waals surface area contributed by atoms with E-state index in [-0.39, 0.29) is 0 Å². The number of anilines is 1. The minimum Gasteiger partial charge on any atom is -0.383 e. The average molecular weight is 476 g/mol.